The van der Waals surface area contributed by atoms with Gasteiger partial charge in [-0.05, 0) is 28.5 Å². The molecule has 1 aromatic carbocycles. The summed E-state index contributed by atoms with van der Waals surface area (Å²) in [5.41, 5.74) is 0.885. The molecule has 1 aromatic heterocycles. The first kappa shape index (κ1) is 12.7. The van der Waals surface area contributed by atoms with Gasteiger partial charge in [0.15, 0.2) is 0 Å². The Hall–Kier alpha value is -1.75. The van der Waals surface area contributed by atoms with E-state index in [1.165, 1.54) is 11.3 Å². The van der Waals surface area contributed by atoms with E-state index in [1.807, 2.05) is 6.07 Å². The Morgan fingerprint density at radius 3 is 2.78 bits per heavy atom. The Morgan fingerprint density at radius 1 is 1.39 bits per heavy atom. The van der Waals surface area contributed by atoms with E-state index in [0.717, 1.165) is 5.56 Å². The Bertz CT molecular complexity index is 568. The van der Waals surface area contributed by atoms with Crippen LogP contribution < -0.4 is 4.78 Å². The highest BCUT2D eigenvalue weighted by Crippen LogP contribution is 2.15. The molecule has 1 N–H and O–H groups in total. The van der Waals surface area contributed by atoms with Crippen LogP contribution in [0.4, 0.5) is 0 Å². The van der Waals surface area contributed by atoms with Crippen molar-refractivity contribution in [2.75, 3.05) is 7.05 Å². The molecule has 5 heteroatoms. The van der Waals surface area contributed by atoms with E-state index in [9.17, 15) is 9.90 Å². The summed E-state index contributed by atoms with van der Waals surface area (Å²) in [5, 5.41) is 9.37. The number of thiophene rings is 1. The number of hydrogen-bond donors (Lipinski definition) is 1. The molecule has 0 fully saturated rings. The second kappa shape index (κ2) is 5.27. The lowest BCUT2D eigenvalue weighted by molar-refractivity contribution is 0.0789. The summed E-state index contributed by atoms with van der Waals surface area (Å²) in [5.74, 6) is 0.133. The molecule has 18 heavy (non-hydrogen) atoms. The minimum atomic E-state index is -0.0694. The minimum absolute atomic E-state index is 0.0694. The van der Waals surface area contributed by atoms with E-state index in [1.54, 1.807) is 42.3 Å². The molecule has 2 aromatic rings. The number of aromatic hydroxyl groups is 1. The van der Waals surface area contributed by atoms with Crippen LogP contribution >= 0.6 is 11.3 Å². The Labute approximate surface area is 111 Å². The lowest BCUT2D eigenvalue weighted by Gasteiger charge is -2.16. The van der Waals surface area contributed by atoms with Gasteiger partial charge in [-0.25, -0.2) is 0 Å². The van der Waals surface area contributed by atoms with Crippen molar-refractivity contribution in [3.8, 4) is 5.75 Å². The third kappa shape index (κ3) is 2.93. The molecule has 0 aliphatic rings. The van der Waals surface area contributed by atoms with E-state index < -0.39 is 0 Å². The maximum atomic E-state index is 12.1. The van der Waals surface area contributed by atoms with Gasteiger partial charge in [0.25, 0.3) is 5.91 Å². The molecule has 1 amide bonds. The van der Waals surface area contributed by atoms with Crippen molar-refractivity contribution in [3.05, 3.63) is 46.8 Å². The minimum Gasteiger partial charge on any atom is -0.508 e. The van der Waals surface area contributed by atoms with Crippen LogP contribution in [0.2, 0.25) is 0 Å². The van der Waals surface area contributed by atoms with Crippen LogP contribution in [0.25, 0.3) is 0 Å². The van der Waals surface area contributed by atoms with Gasteiger partial charge in [-0.2, -0.15) is 0 Å². The largest absolute Gasteiger partial charge is 0.508 e. The van der Waals surface area contributed by atoms with E-state index in [0.29, 0.717) is 16.2 Å². The highest BCUT2D eigenvalue weighted by molar-refractivity contribution is 7.21. The molecule has 0 atom stereocenters. The number of carbonyl (C=O) groups is 1. The van der Waals surface area contributed by atoms with E-state index >= 15 is 0 Å². The summed E-state index contributed by atoms with van der Waals surface area (Å²) in [4.78, 5) is 14.3. The van der Waals surface area contributed by atoms with Gasteiger partial charge in [0.2, 0.25) is 0 Å². The van der Waals surface area contributed by atoms with Crippen molar-refractivity contribution >= 4 is 29.9 Å². The Kier molecular flexibility index (Phi) is 3.72. The summed E-state index contributed by atoms with van der Waals surface area (Å²) in [6, 6.07) is 10.3. The molecule has 90 valence electrons. The lowest BCUT2D eigenvalue weighted by Crippen LogP contribution is -2.25. The molecule has 0 bridgehead atoms. The van der Waals surface area contributed by atoms with Crippen LogP contribution in [0.15, 0.2) is 36.4 Å². The molecule has 0 saturated carbocycles. The van der Waals surface area contributed by atoms with Crippen molar-refractivity contribution < 1.29 is 9.90 Å². The van der Waals surface area contributed by atoms with Gasteiger partial charge in [-0.3, -0.25) is 4.79 Å². The topological polar surface area (TPSA) is 40.5 Å². The smallest absolute Gasteiger partial charge is 0.263 e. The van der Waals surface area contributed by atoms with Crippen molar-refractivity contribution in [1.82, 2.24) is 4.90 Å². The first-order valence-corrected chi connectivity index (χ1v) is 6.26. The van der Waals surface area contributed by atoms with Gasteiger partial charge in [0, 0.05) is 13.6 Å². The molecule has 0 spiro atoms. The number of hydrogen-bond acceptors (Lipinski definition) is 3. The first-order valence-electron chi connectivity index (χ1n) is 5.45. The van der Waals surface area contributed by atoms with Gasteiger partial charge in [-0.15, -0.1) is 11.3 Å². The zero-order valence-electron chi connectivity index (χ0n) is 9.96. The van der Waals surface area contributed by atoms with Gasteiger partial charge in [0.1, 0.15) is 13.6 Å². The summed E-state index contributed by atoms with van der Waals surface area (Å²) in [6.45, 7) is 0.449. The van der Waals surface area contributed by atoms with E-state index in [-0.39, 0.29) is 11.7 Å². The molecular formula is C13H12BNO2S. The third-order valence-corrected chi connectivity index (χ3v) is 3.42. The molecule has 3 nitrogen and oxygen atoms in total. The predicted octanol–water partition coefficient (Wildman–Crippen LogP) is 1.52. The molecule has 0 unspecified atom stereocenters. The Morgan fingerprint density at radius 2 is 2.17 bits per heavy atom. The monoisotopic (exact) mass is 257 g/mol. The van der Waals surface area contributed by atoms with Crippen LogP contribution in [0.1, 0.15) is 15.2 Å². The molecule has 0 saturated heterocycles. The van der Waals surface area contributed by atoms with E-state index in [4.69, 9.17) is 7.85 Å². The van der Waals surface area contributed by atoms with Crippen LogP contribution in [-0.2, 0) is 6.54 Å². The van der Waals surface area contributed by atoms with Gasteiger partial charge in [0.05, 0.1) is 4.88 Å². The molecule has 0 aliphatic carbocycles. The summed E-state index contributed by atoms with van der Waals surface area (Å²) >= 11 is 1.28. The van der Waals surface area contributed by atoms with Crippen LogP contribution in [0.3, 0.4) is 0 Å². The summed E-state index contributed by atoms with van der Waals surface area (Å²) in [6.07, 6.45) is 0. The van der Waals surface area contributed by atoms with Crippen LogP contribution in [0.5, 0.6) is 5.75 Å². The average Bonchev–Trinajstić information content (AvgIpc) is 2.75. The van der Waals surface area contributed by atoms with Gasteiger partial charge in [-0.1, -0.05) is 18.2 Å². The van der Waals surface area contributed by atoms with E-state index in [2.05, 4.69) is 0 Å². The summed E-state index contributed by atoms with van der Waals surface area (Å²) in [7, 11) is 7.33. The number of carbonyl (C=O) groups excluding carboxylic acids is 1. The standard InChI is InChI=1S/C13H12BNO2S/c1-15(8-9-3-2-4-10(16)7-9)13(17)11-5-6-12(14)18-11/h2-7,16H,8H2,1H3. The van der Waals surface area contributed by atoms with Crippen molar-refractivity contribution in [2.45, 2.75) is 6.54 Å². The number of benzene rings is 1. The quantitative estimate of drug-likeness (QED) is 0.847. The summed E-state index contributed by atoms with van der Waals surface area (Å²) < 4.78 is 0.629. The number of rotatable bonds is 3. The highest BCUT2D eigenvalue weighted by atomic mass is 32.1. The second-order valence-electron chi connectivity index (χ2n) is 4.03. The van der Waals surface area contributed by atoms with Gasteiger partial charge >= 0.3 is 0 Å². The highest BCUT2D eigenvalue weighted by Gasteiger charge is 2.13. The number of phenolic OH excluding ortho intramolecular Hbond substituents is 1. The van der Waals surface area contributed by atoms with Crippen molar-refractivity contribution in [3.63, 3.8) is 0 Å². The Balaban J connectivity index is 2.08. The number of phenols is 1. The average molecular weight is 257 g/mol. The molecule has 2 radical (unpaired) electrons. The normalized spacial score (nSPS) is 10.3. The fourth-order valence-corrected chi connectivity index (χ4v) is 2.43. The molecule has 2 rings (SSSR count). The first-order chi connectivity index (χ1) is 8.56. The van der Waals surface area contributed by atoms with Crippen molar-refractivity contribution in [1.29, 1.82) is 0 Å². The maximum absolute atomic E-state index is 12.1. The lowest BCUT2D eigenvalue weighted by atomic mass is 10.1. The van der Waals surface area contributed by atoms with Crippen molar-refractivity contribution in [2.24, 2.45) is 0 Å². The molecule has 0 aliphatic heterocycles. The van der Waals surface area contributed by atoms with Crippen LogP contribution in [0, 0.1) is 0 Å². The van der Waals surface area contributed by atoms with Gasteiger partial charge < -0.3 is 10.0 Å². The maximum Gasteiger partial charge on any atom is 0.263 e. The fraction of sp³-hybridized carbons (Fsp3) is 0.154. The zero-order chi connectivity index (χ0) is 13.1. The second-order valence-corrected chi connectivity index (χ2v) is 5.15. The van der Waals surface area contributed by atoms with Crippen LogP contribution in [-0.4, -0.2) is 30.8 Å². The fourth-order valence-electron chi connectivity index (χ4n) is 1.66. The number of nitrogens with zero attached hydrogens (tertiary/aromatic N) is 1. The third-order valence-electron chi connectivity index (χ3n) is 2.51. The molecular weight excluding hydrogens is 245 g/mol. The number of amides is 1. The molecule has 1 heterocycles. The predicted molar refractivity (Wildman–Crippen MR) is 73.6 cm³/mol. The SMILES string of the molecule is [B]c1ccc(C(=O)N(C)Cc2cccc(O)c2)s1. The zero-order valence-corrected chi connectivity index (χ0v) is 10.8.